The van der Waals surface area contributed by atoms with Crippen LogP contribution in [0.4, 0.5) is 5.69 Å². The summed E-state index contributed by atoms with van der Waals surface area (Å²) in [5, 5.41) is 29.3. The highest BCUT2D eigenvalue weighted by atomic mass is 16.6. The number of benzene rings is 1. The molecule has 0 radical (unpaired) electrons. The Morgan fingerprint density at radius 2 is 2.11 bits per heavy atom. The number of esters is 1. The number of aliphatic hydroxyl groups is 1. The normalized spacial score (nSPS) is 21.9. The van der Waals surface area contributed by atoms with Crippen LogP contribution in [0.25, 0.3) is 0 Å². The lowest BCUT2D eigenvalue weighted by atomic mass is 9.92. The summed E-state index contributed by atoms with van der Waals surface area (Å²) in [4.78, 5) is 32.1. The third kappa shape index (κ3) is 1.68. The standard InChI is InChI=1S/C10H7NO7/c12-7-4-2-1-3-5(11(16)17)8(4)18-10(15)6(7)9(13)14/h1-3,6-7,12H,(H,13,14). The molecule has 0 bridgehead atoms. The monoisotopic (exact) mass is 253 g/mol. The average Bonchev–Trinajstić information content (AvgIpc) is 2.27. The number of hydrogen-bond acceptors (Lipinski definition) is 6. The number of nitro groups is 1. The number of aliphatic hydroxyl groups excluding tert-OH is 1. The number of nitro benzene ring substituents is 1. The van der Waals surface area contributed by atoms with Crippen molar-refractivity contribution >= 4 is 17.6 Å². The lowest BCUT2D eigenvalue weighted by molar-refractivity contribution is -0.385. The molecule has 0 saturated carbocycles. The maximum absolute atomic E-state index is 11.4. The van der Waals surface area contributed by atoms with E-state index in [1.54, 1.807) is 0 Å². The van der Waals surface area contributed by atoms with Crippen LogP contribution in [0.5, 0.6) is 5.75 Å². The van der Waals surface area contributed by atoms with E-state index in [1.807, 2.05) is 0 Å². The zero-order valence-corrected chi connectivity index (χ0v) is 8.77. The number of carboxylic acids is 1. The van der Waals surface area contributed by atoms with Crippen LogP contribution in [0.15, 0.2) is 18.2 Å². The molecule has 0 amide bonds. The Balaban J connectivity index is 2.58. The Kier molecular flexibility index (Phi) is 2.71. The number of ether oxygens (including phenoxy) is 1. The molecule has 8 nitrogen and oxygen atoms in total. The molecular weight excluding hydrogens is 246 g/mol. The number of aliphatic carboxylic acids is 1. The number of fused-ring (bicyclic) bond motifs is 1. The minimum absolute atomic E-state index is 0.0869. The van der Waals surface area contributed by atoms with Gasteiger partial charge in [0.25, 0.3) is 0 Å². The van der Waals surface area contributed by atoms with Gasteiger partial charge in [-0.25, -0.2) is 0 Å². The predicted octanol–water partition coefficient (Wildman–Crippen LogP) is 0.248. The van der Waals surface area contributed by atoms with Crippen molar-refractivity contribution in [3.63, 3.8) is 0 Å². The van der Waals surface area contributed by atoms with E-state index in [0.717, 1.165) is 6.07 Å². The highest BCUT2D eigenvalue weighted by Crippen LogP contribution is 2.41. The molecule has 0 spiro atoms. The number of para-hydroxylation sites is 1. The first-order valence-corrected chi connectivity index (χ1v) is 4.83. The van der Waals surface area contributed by atoms with Crippen molar-refractivity contribution in [3.8, 4) is 5.75 Å². The average molecular weight is 253 g/mol. The minimum atomic E-state index is -1.78. The summed E-state index contributed by atoms with van der Waals surface area (Å²) in [6, 6.07) is 3.65. The molecule has 2 rings (SSSR count). The van der Waals surface area contributed by atoms with Crippen molar-refractivity contribution in [3.05, 3.63) is 33.9 Å². The number of carbonyl (C=O) groups excluding carboxylic acids is 1. The van der Waals surface area contributed by atoms with E-state index in [9.17, 15) is 24.8 Å². The van der Waals surface area contributed by atoms with Gasteiger partial charge >= 0.3 is 17.6 Å². The Morgan fingerprint density at radius 3 is 2.67 bits per heavy atom. The van der Waals surface area contributed by atoms with Gasteiger partial charge in [0.2, 0.25) is 5.75 Å². The Labute approximate surface area is 99.6 Å². The van der Waals surface area contributed by atoms with Crippen LogP contribution >= 0.6 is 0 Å². The van der Waals surface area contributed by atoms with Gasteiger partial charge < -0.3 is 14.9 Å². The van der Waals surface area contributed by atoms with Crippen LogP contribution in [0.2, 0.25) is 0 Å². The van der Waals surface area contributed by atoms with Crippen molar-refractivity contribution in [2.24, 2.45) is 5.92 Å². The molecule has 2 N–H and O–H groups in total. The van der Waals surface area contributed by atoms with Crippen LogP contribution in [0.1, 0.15) is 11.7 Å². The largest absolute Gasteiger partial charge is 0.481 e. The van der Waals surface area contributed by atoms with Crippen molar-refractivity contribution in [1.82, 2.24) is 0 Å². The van der Waals surface area contributed by atoms with E-state index in [2.05, 4.69) is 4.74 Å². The summed E-state index contributed by atoms with van der Waals surface area (Å²) in [5.74, 6) is -4.96. The Morgan fingerprint density at radius 1 is 1.44 bits per heavy atom. The molecule has 94 valence electrons. The van der Waals surface area contributed by atoms with Gasteiger partial charge in [0.05, 0.1) is 4.92 Å². The zero-order valence-electron chi connectivity index (χ0n) is 8.77. The second-order valence-corrected chi connectivity index (χ2v) is 3.63. The van der Waals surface area contributed by atoms with Gasteiger partial charge in [0.1, 0.15) is 6.10 Å². The molecule has 2 unspecified atom stereocenters. The van der Waals surface area contributed by atoms with E-state index in [-0.39, 0.29) is 5.56 Å². The molecule has 2 atom stereocenters. The molecule has 0 fully saturated rings. The third-order valence-corrected chi connectivity index (χ3v) is 2.58. The number of hydrogen-bond donors (Lipinski definition) is 2. The summed E-state index contributed by atoms with van der Waals surface area (Å²) in [6.45, 7) is 0. The number of carbonyl (C=O) groups is 2. The summed E-state index contributed by atoms with van der Waals surface area (Å²) in [7, 11) is 0. The second-order valence-electron chi connectivity index (χ2n) is 3.63. The van der Waals surface area contributed by atoms with Crippen LogP contribution in [0.3, 0.4) is 0 Å². The summed E-state index contributed by atoms with van der Waals surface area (Å²) < 4.78 is 4.65. The van der Waals surface area contributed by atoms with Gasteiger partial charge in [0, 0.05) is 11.6 Å². The molecule has 1 aromatic rings. The SMILES string of the molecule is O=C(O)C1C(=O)Oc2c(cccc2[N+](=O)[O-])C1O. The van der Waals surface area contributed by atoms with Gasteiger partial charge in [-0.3, -0.25) is 19.7 Å². The van der Waals surface area contributed by atoms with Gasteiger partial charge in [-0.15, -0.1) is 0 Å². The first kappa shape index (κ1) is 12.0. The molecule has 8 heteroatoms. The first-order valence-electron chi connectivity index (χ1n) is 4.83. The fourth-order valence-corrected chi connectivity index (χ4v) is 1.74. The zero-order chi connectivity index (χ0) is 13.4. The number of nitrogens with zero attached hydrogens (tertiary/aromatic N) is 1. The maximum atomic E-state index is 11.4. The van der Waals surface area contributed by atoms with E-state index < -0.39 is 40.3 Å². The molecule has 0 aromatic heterocycles. The third-order valence-electron chi connectivity index (χ3n) is 2.58. The van der Waals surface area contributed by atoms with Gasteiger partial charge in [-0.1, -0.05) is 12.1 Å². The van der Waals surface area contributed by atoms with Gasteiger partial charge in [-0.05, 0) is 0 Å². The van der Waals surface area contributed by atoms with E-state index in [1.165, 1.54) is 12.1 Å². The van der Waals surface area contributed by atoms with Crippen LogP contribution in [-0.2, 0) is 9.59 Å². The molecule has 1 aliphatic heterocycles. The minimum Gasteiger partial charge on any atom is -0.481 e. The molecule has 0 saturated heterocycles. The number of carboxylic acid groups (broad SMARTS) is 1. The van der Waals surface area contributed by atoms with Gasteiger partial charge in [0.15, 0.2) is 5.92 Å². The fraction of sp³-hybridized carbons (Fsp3) is 0.200. The van der Waals surface area contributed by atoms with E-state index in [4.69, 9.17) is 5.11 Å². The smallest absolute Gasteiger partial charge is 0.329 e. The number of rotatable bonds is 2. The Hall–Kier alpha value is -2.48. The summed E-state index contributed by atoms with van der Waals surface area (Å²) in [5.41, 5.74) is -0.583. The molecule has 1 heterocycles. The molecule has 1 aromatic carbocycles. The van der Waals surface area contributed by atoms with Crippen LogP contribution < -0.4 is 4.74 Å². The fourth-order valence-electron chi connectivity index (χ4n) is 1.74. The van der Waals surface area contributed by atoms with Crippen LogP contribution in [0, 0.1) is 16.0 Å². The summed E-state index contributed by atoms with van der Waals surface area (Å²) in [6.07, 6.45) is -1.67. The highest BCUT2D eigenvalue weighted by molar-refractivity contribution is 5.97. The van der Waals surface area contributed by atoms with E-state index in [0.29, 0.717) is 0 Å². The second kappa shape index (κ2) is 4.08. The topological polar surface area (TPSA) is 127 Å². The van der Waals surface area contributed by atoms with E-state index >= 15 is 0 Å². The quantitative estimate of drug-likeness (QED) is 0.254. The molecular formula is C10H7NO7. The maximum Gasteiger partial charge on any atom is 0.329 e. The highest BCUT2D eigenvalue weighted by Gasteiger charge is 2.44. The van der Waals surface area contributed by atoms with Crippen molar-refractivity contribution in [2.75, 3.05) is 0 Å². The molecule has 0 aliphatic carbocycles. The lowest BCUT2D eigenvalue weighted by Gasteiger charge is -2.25. The summed E-state index contributed by atoms with van der Waals surface area (Å²) >= 11 is 0. The molecule has 1 aliphatic rings. The van der Waals surface area contributed by atoms with Crippen molar-refractivity contribution in [1.29, 1.82) is 0 Å². The predicted molar refractivity (Wildman–Crippen MR) is 54.8 cm³/mol. The van der Waals surface area contributed by atoms with Gasteiger partial charge in [-0.2, -0.15) is 0 Å². The molecule has 18 heavy (non-hydrogen) atoms. The first-order chi connectivity index (χ1) is 8.43. The van der Waals surface area contributed by atoms with Crippen LogP contribution in [-0.4, -0.2) is 27.1 Å². The van der Waals surface area contributed by atoms with Crippen molar-refractivity contribution in [2.45, 2.75) is 6.10 Å². The lowest BCUT2D eigenvalue weighted by Crippen LogP contribution is -2.37. The Bertz CT molecular complexity index is 553. The van der Waals surface area contributed by atoms with Crippen molar-refractivity contribution < 1.29 is 29.5 Å².